The highest BCUT2D eigenvalue weighted by Crippen LogP contribution is 2.39. The van der Waals surface area contributed by atoms with Crippen molar-refractivity contribution < 1.29 is 14.3 Å². The van der Waals surface area contributed by atoms with Gasteiger partial charge < -0.3 is 10.1 Å². The van der Waals surface area contributed by atoms with Crippen LogP contribution in [0.25, 0.3) is 28.0 Å². The van der Waals surface area contributed by atoms with Crippen LogP contribution >= 0.6 is 0 Å². The number of imidazole rings is 1. The fourth-order valence-electron chi connectivity index (χ4n) is 5.18. The van der Waals surface area contributed by atoms with E-state index in [1.165, 1.54) is 28.8 Å². The van der Waals surface area contributed by atoms with Gasteiger partial charge in [-0.2, -0.15) is 0 Å². The van der Waals surface area contributed by atoms with E-state index in [2.05, 4.69) is 46.4 Å². The minimum atomic E-state index is -0.668. The molecule has 0 bridgehead atoms. The normalized spacial score (nSPS) is 21.3. The molecule has 5 rings (SSSR count). The van der Waals surface area contributed by atoms with Gasteiger partial charge in [-0.25, -0.2) is 9.37 Å². The zero-order valence-electron chi connectivity index (χ0n) is 18.0. The number of carboxylic acids is 1. The van der Waals surface area contributed by atoms with Crippen molar-refractivity contribution >= 4 is 22.6 Å². The Morgan fingerprint density at radius 2 is 1.75 bits per heavy atom. The van der Waals surface area contributed by atoms with Crippen LogP contribution in [0.2, 0.25) is 0 Å². The summed E-state index contributed by atoms with van der Waals surface area (Å²) >= 11 is 0. The Morgan fingerprint density at radius 1 is 1.00 bits per heavy atom. The fraction of sp³-hybridized carbons (Fsp3) is 0.333. The second-order valence-corrected chi connectivity index (χ2v) is 9.07. The van der Waals surface area contributed by atoms with Crippen LogP contribution < -0.4 is 0 Å². The zero-order chi connectivity index (χ0) is 22.1. The SMILES string of the molecule is O=C(O)CC1CCC(C2=CC=C(c3ccc(-c4nc5cc(F)ccc5[nH]4)cc3)CC2)CC1. The van der Waals surface area contributed by atoms with Crippen molar-refractivity contribution in [3.05, 3.63) is 71.6 Å². The Hall–Kier alpha value is -3.21. The molecule has 2 aliphatic rings. The van der Waals surface area contributed by atoms with Crippen molar-refractivity contribution in [1.82, 2.24) is 9.97 Å². The fourth-order valence-corrected chi connectivity index (χ4v) is 5.18. The van der Waals surface area contributed by atoms with Gasteiger partial charge in [0.05, 0.1) is 11.0 Å². The molecule has 5 heteroatoms. The molecule has 0 saturated heterocycles. The summed E-state index contributed by atoms with van der Waals surface area (Å²) in [4.78, 5) is 18.7. The lowest BCUT2D eigenvalue weighted by Crippen LogP contribution is -2.19. The van der Waals surface area contributed by atoms with Crippen molar-refractivity contribution in [3.8, 4) is 11.4 Å². The summed E-state index contributed by atoms with van der Waals surface area (Å²) in [5, 5.41) is 9.00. The number of H-pyrrole nitrogens is 1. The Kier molecular flexibility index (Phi) is 5.64. The maximum atomic E-state index is 13.4. The lowest BCUT2D eigenvalue weighted by Gasteiger charge is -2.30. The van der Waals surface area contributed by atoms with Gasteiger partial charge in [0, 0.05) is 18.1 Å². The third kappa shape index (κ3) is 4.38. The average Bonchev–Trinajstić information content (AvgIpc) is 3.23. The highest BCUT2D eigenvalue weighted by atomic mass is 19.1. The molecule has 0 aliphatic heterocycles. The lowest BCUT2D eigenvalue weighted by molar-refractivity contribution is -0.138. The minimum Gasteiger partial charge on any atom is -0.481 e. The number of allylic oxidation sites excluding steroid dienone is 4. The Bertz CT molecular complexity index is 1200. The summed E-state index contributed by atoms with van der Waals surface area (Å²) in [5.41, 5.74) is 6.52. The highest BCUT2D eigenvalue weighted by Gasteiger charge is 2.25. The minimum absolute atomic E-state index is 0.282. The number of nitrogens with zero attached hydrogens (tertiary/aromatic N) is 1. The van der Waals surface area contributed by atoms with Gasteiger partial charge >= 0.3 is 5.97 Å². The van der Waals surface area contributed by atoms with Crippen LogP contribution in [0.5, 0.6) is 0 Å². The van der Waals surface area contributed by atoms with E-state index in [9.17, 15) is 9.18 Å². The quantitative estimate of drug-likeness (QED) is 0.470. The van der Waals surface area contributed by atoms with Crippen LogP contribution in [0.1, 0.15) is 50.5 Å². The Morgan fingerprint density at radius 3 is 2.44 bits per heavy atom. The van der Waals surface area contributed by atoms with Gasteiger partial charge in [0.25, 0.3) is 0 Å². The molecule has 0 spiro atoms. The molecule has 1 aromatic heterocycles. The van der Waals surface area contributed by atoms with Crippen molar-refractivity contribution in [3.63, 3.8) is 0 Å². The molecular weight excluding hydrogens is 403 g/mol. The van der Waals surface area contributed by atoms with Crippen LogP contribution in [-0.2, 0) is 4.79 Å². The number of carbonyl (C=O) groups is 1. The maximum Gasteiger partial charge on any atom is 0.303 e. The molecule has 2 aliphatic carbocycles. The number of hydrogen-bond acceptors (Lipinski definition) is 2. The van der Waals surface area contributed by atoms with Crippen molar-refractivity contribution in [2.45, 2.75) is 44.9 Å². The van der Waals surface area contributed by atoms with Gasteiger partial charge in [0.2, 0.25) is 0 Å². The number of aromatic amines is 1. The molecule has 32 heavy (non-hydrogen) atoms. The molecule has 4 nitrogen and oxygen atoms in total. The summed E-state index contributed by atoms with van der Waals surface area (Å²) in [6.45, 7) is 0. The smallest absolute Gasteiger partial charge is 0.303 e. The largest absolute Gasteiger partial charge is 0.481 e. The average molecular weight is 431 g/mol. The number of hydrogen-bond donors (Lipinski definition) is 2. The van der Waals surface area contributed by atoms with Gasteiger partial charge in [-0.1, -0.05) is 42.0 Å². The molecular formula is C27H27FN2O2. The maximum absolute atomic E-state index is 13.4. The third-order valence-corrected chi connectivity index (χ3v) is 6.99. The molecule has 0 atom stereocenters. The predicted molar refractivity (Wildman–Crippen MR) is 124 cm³/mol. The first-order chi connectivity index (χ1) is 15.5. The summed E-state index contributed by atoms with van der Waals surface area (Å²) in [7, 11) is 0. The van der Waals surface area contributed by atoms with Crippen LogP contribution in [0, 0.1) is 17.7 Å². The molecule has 0 unspecified atom stereocenters. The number of nitrogens with one attached hydrogen (secondary N) is 1. The molecule has 1 saturated carbocycles. The monoisotopic (exact) mass is 430 g/mol. The molecule has 1 heterocycles. The zero-order valence-corrected chi connectivity index (χ0v) is 18.0. The first-order valence-corrected chi connectivity index (χ1v) is 11.4. The van der Waals surface area contributed by atoms with Gasteiger partial charge in [-0.15, -0.1) is 0 Å². The van der Waals surface area contributed by atoms with Crippen molar-refractivity contribution in [2.75, 3.05) is 0 Å². The van der Waals surface area contributed by atoms with Crippen LogP contribution in [0.15, 0.2) is 60.2 Å². The summed E-state index contributed by atoms with van der Waals surface area (Å²) < 4.78 is 13.4. The summed E-state index contributed by atoms with van der Waals surface area (Å²) in [5.74, 6) is 0.756. The number of aromatic nitrogens is 2. The van der Waals surface area contributed by atoms with Crippen LogP contribution in [0.4, 0.5) is 4.39 Å². The van der Waals surface area contributed by atoms with Gasteiger partial charge in [0.15, 0.2) is 0 Å². The lowest BCUT2D eigenvalue weighted by atomic mass is 9.75. The topological polar surface area (TPSA) is 66.0 Å². The molecule has 3 aromatic rings. The first kappa shape index (κ1) is 20.7. The van der Waals surface area contributed by atoms with E-state index in [4.69, 9.17) is 5.11 Å². The standard InChI is InChI=1S/C27H27FN2O2/c28-23-13-14-24-25(16-23)30-27(29-24)22-11-9-21(10-12-22)20-7-5-19(6-8-20)18-3-1-17(2-4-18)15-26(31)32/h5,7,9-14,16-18H,1-4,6,8,15H2,(H,29,30)(H,31,32). The third-order valence-electron chi connectivity index (χ3n) is 6.99. The summed E-state index contributed by atoms with van der Waals surface area (Å²) in [6, 6.07) is 13.0. The summed E-state index contributed by atoms with van der Waals surface area (Å²) in [6.07, 6.45) is 11.3. The molecule has 0 amide bonds. The second kappa shape index (κ2) is 8.73. The van der Waals surface area contributed by atoms with E-state index in [1.54, 1.807) is 6.07 Å². The Labute approximate surface area is 186 Å². The van der Waals surface area contributed by atoms with Gasteiger partial charge in [-0.3, -0.25) is 4.79 Å². The highest BCUT2D eigenvalue weighted by molar-refractivity contribution is 5.80. The molecule has 164 valence electrons. The number of benzene rings is 2. The number of carboxylic acid groups (broad SMARTS) is 1. The van der Waals surface area contributed by atoms with Crippen LogP contribution in [-0.4, -0.2) is 21.0 Å². The molecule has 0 radical (unpaired) electrons. The predicted octanol–water partition coefficient (Wildman–Crippen LogP) is 6.75. The van der Waals surface area contributed by atoms with Crippen LogP contribution in [0.3, 0.4) is 0 Å². The van der Waals surface area contributed by atoms with E-state index in [1.807, 2.05) is 0 Å². The molecule has 2 N–H and O–H groups in total. The number of rotatable bonds is 5. The second-order valence-electron chi connectivity index (χ2n) is 9.07. The van der Waals surface area contributed by atoms with E-state index in [0.717, 1.165) is 55.4 Å². The van der Waals surface area contributed by atoms with Crippen molar-refractivity contribution in [2.24, 2.45) is 11.8 Å². The first-order valence-electron chi connectivity index (χ1n) is 11.4. The number of aliphatic carboxylic acids is 1. The number of fused-ring (bicyclic) bond motifs is 1. The molecule has 1 fully saturated rings. The van der Waals surface area contributed by atoms with Gasteiger partial charge in [-0.05, 0) is 73.6 Å². The van der Waals surface area contributed by atoms with Crippen molar-refractivity contribution in [1.29, 1.82) is 0 Å². The van der Waals surface area contributed by atoms with E-state index in [0.29, 0.717) is 23.8 Å². The van der Waals surface area contributed by atoms with Gasteiger partial charge in [0.1, 0.15) is 11.6 Å². The van der Waals surface area contributed by atoms with E-state index in [-0.39, 0.29) is 5.82 Å². The van der Waals surface area contributed by atoms with E-state index < -0.39 is 5.97 Å². The molecule has 2 aromatic carbocycles. The van der Waals surface area contributed by atoms with E-state index >= 15 is 0 Å². The Balaban J connectivity index is 1.26. The number of halogens is 1.